The lowest BCUT2D eigenvalue weighted by Crippen LogP contribution is -2.43. The van der Waals surface area contributed by atoms with Crippen LogP contribution in [0.1, 0.15) is 33.6 Å². The van der Waals surface area contributed by atoms with Crippen molar-refractivity contribution < 1.29 is 4.79 Å². The number of hydrogen-bond acceptors (Lipinski definition) is 3. The lowest BCUT2D eigenvalue weighted by Gasteiger charge is -2.29. The molecular formula is C11H23N3O. The summed E-state index contributed by atoms with van der Waals surface area (Å²) < 4.78 is 0. The first-order chi connectivity index (χ1) is 7.06. The van der Waals surface area contributed by atoms with Crippen molar-refractivity contribution in [2.24, 2.45) is 17.7 Å². The Labute approximate surface area is 92.2 Å². The Balaban J connectivity index is 2.46. The van der Waals surface area contributed by atoms with E-state index in [2.05, 4.69) is 24.2 Å². The zero-order chi connectivity index (χ0) is 11.4. The van der Waals surface area contributed by atoms with Gasteiger partial charge in [0, 0.05) is 18.5 Å². The zero-order valence-electron chi connectivity index (χ0n) is 9.99. The van der Waals surface area contributed by atoms with E-state index in [4.69, 9.17) is 5.84 Å². The van der Waals surface area contributed by atoms with Gasteiger partial charge in [-0.15, -0.1) is 0 Å². The van der Waals surface area contributed by atoms with Gasteiger partial charge in [-0.05, 0) is 25.3 Å². The lowest BCUT2D eigenvalue weighted by molar-refractivity contribution is -0.125. The van der Waals surface area contributed by atoms with Crippen molar-refractivity contribution in [1.29, 1.82) is 0 Å². The first-order valence-corrected chi connectivity index (χ1v) is 5.80. The van der Waals surface area contributed by atoms with Crippen LogP contribution in [0, 0.1) is 11.8 Å². The van der Waals surface area contributed by atoms with Crippen LogP contribution < -0.4 is 11.3 Å². The third-order valence-corrected chi connectivity index (χ3v) is 3.28. The molecule has 2 unspecified atom stereocenters. The highest BCUT2D eigenvalue weighted by Crippen LogP contribution is 2.24. The van der Waals surface area contributed by atoms with Crippen LogP contribution in [0.2, 0.25) is 0 Å². The van der Waals surface area contributed by atoms with Crippen LogP contribution >= 0.6 is 0 Å². The number of amides is 1. The number of nitrogens with one attached hydrogen (secondary N) is 1. The van der Waals surface area contributed by atoms with Crippen molar-refractivity contribution in [1.82, 2.24) is 10.3 Å². The predicted molar refractivity (Wildman–Crippen MR) is 60.9 cm³/mol. The Morgan fingerprint density at radius 3 is 2.73 bits per heavy atom. The van der Waals surface area contributed by atoms with Gasteiger partial charge in [0.1, 0.15) is 0 Å². The third kappa shape index (κ3) is 3.18. The van der Waals surface area contributed by atoms with Crippen molar-refractivity contribution in [2.45, 2.75) is 39.7 Å². The summed E-state index contributed by atoms with van der Waals surface area (Å²) in [6.45, 7) is 8.36. The van der Waals surface area contributed by atoms with Crippen molar-refractivity contribution in [2.75, 3.05) is 13.1 Å². The molecule has 1 saturated heterocycles. The van der Waals surface area contributed by atoms with Gasteiger partial charge in [-0.1, -0.05) is 20.8 Å². The van der Waals surface area contributed by atoms with Crippen molar-refractivity contribution in [3.8, 4) is 0 Å². The summed E-state index contributed by atoms with van der Waals surface area (Å²) in [5.74, 6) is 5.71. The smallest absolute Gasteiger partial charge is 0.237 e. The number of carbonyl (C=O) groups is 1. The van der Waals surface area contributed by atoms with Gasteiger partial charge < -0.3 is 0 Å². The molecule has 0 spiro atoms. The Kier molecular flexibility index (Phi) is 4.54. The van der Waals surface area contributed by atoms with Crippen LogP contribution in [0.5, 0.6) is 0 Å². The number of carbonyl (C=O) groups excluding carboxylic acids is 1. The summed E-state index contributed by atoms with van der Waals surface area (Å²) in [6, 6.07) is 0.637. The fourth-order valence-electron chi connectivity index (χ4n) is 2.41. The predicted octanol–water partition coefficient (Wildman–Crippen LogP) is 0.733. The number of hydrazine groups is 1. The molecule has 1 amide bonds. The summed E-state index contributed by atoms with van der Waals surface area (Å²) in [5.41, 5.74) is 2.22. The Morgan fingerprint density at radius 2 is 2.20 bits per heavy atom. The molecule has 0 aromatic carbocycles. The van der Waals surface area contributed by atoms with Crippen molar-refractivity contribution in [3.63, 3.8) is 0 Å². The molecule has 1 aliphatic rings. The lowest BCUT2D eigenvalue weighted by atomic mass is 10.0. The number of nitrogens with two attached hydrogens (primary N) is 1. The van der Waals surface area contributed by atoms with Crippen molar-refractivity contribution >= 4 is 5.91 Å². The van der Waals surface area contributed by atoms with Gasteiger partial charge in [-0.25, -0.2) is 5.84 Å². The van der Waals surface area contributed by atoms with Gasteiger partial charge in [0.25, 0.3) is 0 Å². The Hall–Kier alpha value is -0.610. The summed E-state index contributed by atoms with van der Waals surface area (Å²) >= 11 is 0. The Morgan fingerprint density at radius 1 is 1.53 bits per heavy atom. The molecule has 88 valence electrons. The molecule has 4 heteroatoms. The fraction of sp³-hybridized carbons (Fsp3) is 0.909. The summed E-state index contributed by atoms with van der Waals surface area (Å²) in [7, 11) is 0. The van der Waals surface area contributed by atoms with E-state index in [0.29, 0.717) is 12.0 Å². The number of hydrogen-bond donors (Lipinski definition) is 2. The number of likely N-dealkylation sites (tertiary alicyclic amines) is 1. The van der Waals surface area contributed by atoms with Gasteiger partial charge >= 0.3 is 0 Å². The van der Waals surface area contributed by atoms with E-state index in [1.165, 1.54) is 12.8 Å². The summed E-state index contributed by atoms with van der Waals surface area (Å²) in [4.78, 5) is 13.7. The highest BCUT2D eigenvalue weighted by atomic mass is 16.2. The highest BCUT2D eigenvalue weighted by molar-refractivity contribution is 5.77. The minimum Gasteiger partial charge on any atom is -0.299 e. The van der Waals surface area contributed by atoms with E-state index >= 15 is 0 Å². The minimum absolute atomic E-state index is 0.0191. The molecule has 15 heavy (non-hydrogen) atoms. The van der Waals surface area contributed by atoms with Gasteiger partial charge in [0.15, 0.2) is 0 Å². The maximum absolute atomic E-state index is 11.3. The Bertz CT molecular complexity index is 218. The largest absolute Gasteiger partial charge is 0.299 e. The monoisotopic (exact) mass is 213 g/mol. The second-order valence-corrected chi connectivity index (χ2v) is 4.86. The van der Waals surface area contributed by atoms with Crippen LogP contribution in [-0.4, -0.2) is 29.9 Å². The van der Waals surface area contributed by atoms with Crippen LogP contribution in [-0.2, 0) is 4.79 Å². The van der Waals surface area contributed by atoms with E-state index in [9.17, 15) is 4.79 Å². The molecule has 0 aromatic heterocycles. The van der Waals surface area contributed by atoms with Crippen molar-refractivity contribution in [3.05, 3.63) is 0 Å². The quantitative estimate of drug-likeness (QED) is 0.411. The molecule has 0 saturated carbocycles. The first kappa shape index (κ1) is 12.5. The average molecular weight is 213 g/mol. The zero-order valence-corrected chi connectivity index (χ0v) is 9.99. The van der Waals surface area contributed by atoms with E-state index < -0.39 is 0 Å². The van der Waals surface area contributed by atoms with E-state index in [-0.39, 0.29) is 11.8 Å². The van der Waals surface area contributed by atoms with E-state index in [1.54, 1.807) is 0 Å². The van der Waals surface area contributed by atoms with Gasteiger partial charge in [-0.3, -0.25) is 15.1 Å². The van der Waals surface area contributed by atoms with Gasteiger partial charge in [-0.2, -0.15) is 0 Å². The van der Waals surface area contributed by atoms with E-state index in [0.717, 1.165) is 13.1 Å². The van der Waals surface area contributed by atoms with Crippen LogP contribution in [0.15, 0.2) is 0 Å². The molecule has 1 heterocycles. The summed E-state index contributed by atoms with van der Waals surface area (Å²) in [6.07, 6.45) is 2.51. The maximum Gasteiger partial charge on any atom is 0.237 e. The fourth-order valence-corrected chi connectivity index (χ4v) is 2.41. The molecular weight excluding hydrogens is 190 g/mol. The van der Waals surface area contributed by atoms with Crippen LogP contribution in [0.25, 0.3) is 0 Å². The molecule has 0 aromatic rings. The molecule has 0 radical (unpaired) electrons. The average Bonchev–Trinajstić information content (AvgIpc) is 2.64. The van der Waals surface area contributed by atoms with Gasteiger partial charge in [0.05, 0.1) is 0 Å². The van der Waals surface area contributed by atoms with E-state index in [1.807, 2.05) is 6.92 Å². The molecule has 3 N–H and O–H groups in total. The second kappa shape index (κ2) is 5.47. The summed E-state index contributed by atoms with van der Waals surface area (Å²) in [5, 5.41) is 0. The second-order valence-electron chi connectivity index (χ2n) is 4.86. The highest BCUT2D eigenvalue weighted by Gasteiger charge is 2.29. The first-order valence-electron chi connectivity index (χ1n) is 5.80. The molecule has 4 nitrogen and oxygen atoms in total. The van der Waals surface area contributed by atoms with Crippen LogP contribution in [0.4, 0.5) is 0 Å². The topological polar surface area (TPSA) is 58.4 Å². The van der Waals surface area contributed by atoms with Gasteiger partial charge in [0.2, 0.25) is 5.91 Å². The molecule has 1 fully saturated rings. The normalized spacial score (nSPS) is 24.5. The molecule has 0 aliphatic carbocycles. The van der Waals surface area contributed by atoms with Crippen LogP contribution in [0.3, 0.4) is 0 Å². The SMILES string of the molecule is CC(CN1CCCC1C(C)C)C(=O)NN. The molecule has 1 rings (SSSR count). The molecule has 2 atom stereocenters. The molecule has 0 bridgehead atoms. The third-order valence-electron chi connectivity index (χ3n) is 3.28. The molecule has 1 aliphatic heterocycles. The minimum atomic E-state index is -0.0654. The number of rotatable bonds is 4. The number of nitrogens with zero attached hydrogens (tertiary/aromatic N) is 1. The maximum atomic E-state index is 11.3. The standard InChI is InChI=1S/C11H23N3O/c1-8(2)10-5-4-6-14(10)7-9(3)11(15)13-12/h8-10H,4-7,12H2,1-3H3,(H,13,15).